The second-order valence-electron chi connectivity index (χ2n) is 8.45. The van der Waals surface area contributed by atoms with Crippen LogP contribution in [0.5, 0.6) is 5.75 Å². The predicted molar refractivity (Wildman–Crippen MR) is 145 cm³/mol. The molecule has 0 unspecified atom stereocenters. The van der Waals surface area contributed by atoms with Crippen LogP contribution < -0.4 is 4.74 Å². The minimum atomic E-state index is -3.60. The molecular formula is C29H24FN3O5S. The highest BCUT2D eigenvalue weighted by molar-refractivity contribution is 7.90. The Labute approximate surface area is 224 Å². The third-order valence-electron chi connectivity index (χ3n) is 5.69. The third-order valence-corrected chi connectivity index (χ3v) is 7.34. The van der Waals surface area contributed by atoms with E-state index in [9.17, 15) is 12.8 Å². The van der Waals surface area contributed by atoms with Crippen LogP contribution in [0.3, 0.4) is 0 Å². The molecule has 0 saturated carbocycles. The number of carboxylic acid groups (broad SMARTS) is 1. The summed E-state index contributed by atoms with van der Waals surface area (Å²) in [5.74, 6) is -0.784. The van der Waals surface area contributed by atoms with Crippen molar-refractivity contribution in [3.05, 3.63) is 103 Å². The molecule has 0 radical (unpaired) electrons. The van der Waals surface area contributed by atoms with Crippen LogP contribution in [-0.2, 0) is 20.4 Å². The lowest BCUT2D eigenvalue weighted by Gasteiger charge is -2.13. The van der Waals surface area contributed by atoms with Gasteiger partial charge in [0.1, 0.15) is 17.9 Å². The summed E-state index contributed by atoms with van der Waals surface area (Å²) in [6, 6.07) is 20.3. The van der Waals surface area contributed by atoms with Crippen LogP contribution in [-0.4, -0.2) is 41.6 Å². The van der Waals surface area contributed by atoms with E-state index >= 15 is 0 Å². The van der Waals surface area contributed by atoms with Gasteiger partial charge in [-0.3, -0.25) is 9.78 Å². The lowest BCUT2D eigenvalue weighted by atomic mass is 9.99. The number of aromatic nitrogens is 3. The molecule has 5 aromatic rings. The molecular weight excluding hydrogens is 521 g/mol. The highest BCUT2D eigenvalue weighted by atomic mass is 32.2. The first-order valence-corrected chi connectivity index (χ1v) is 13.3. The zero-order chi connectivity index (χ0) is 28.0. The van der Waals surface area contributed by atoms with Gasteiger partial charge in [0, 0.05) is 30.3 Å². The van der Waals surface area contributed by atoms with Crippen molar-refractivity contribution in [1.29, 1.82) is 0 Å². The van der Waals surface area contributed by atoms with E-state index in [-0.39, 0.29) is 16.5 Å². The van der Waals surface area contributed by atoms with E-state index in [0.717, 1.165) is 34.4 Å². The molecule has 0 aliphatic heterocycles. The number of carbonyl (C=O) groups is 1. The Morgan fingerprint density at radius 1 is 0.949 bits per heavy atom. The quantitative estimate of drug-likeness (QED) is 0.294. The van der Waals surface area contributed by atoms with Gasteiger partial charge in [0.2, 0.25) is 0 Å². The van der Waals surface area contributed by atoms with Gasteiger partial charge < -0.3 is 9.84 Å². The molecule has 5 rings (SSSR count). The Bertz CT molecular complexity index is 1740. The Hall–Kier alpha value is -4.70. The minimum Gasteiger partial charge on any atom is -0.496 e. The van der Waals surface area contributed by atoms with E-state index in [1.54, 1.807) is 49.7 Å². The molecule has 0 aliphatic carbocycles. The lowest BCUT2D eigenvalue weighted by molar-refractivity contribution is -0.134. The van der Waals surface area contributed by atoms with Gasteiger partial charge in [-0.2, -0.15) is 0 Å². The third kappa shape index (κ3) is 6.60. The summed E-state index contributed by atoms with van der Waals surface area (Å²) >= 11 is 0. The number of rotatable bonds is 6. The smallest absolute Gasteiger partial charge is 0.300 e. The number of carboxylic acids is 1. The number of hydrogen-bond acceptors (Lipinski definition) is 7. The second kappa shape index (κ2) is 11.8. The Kier molecular flexibility index (Phi) is 8.26. The number of ether oxygens (including phenoxy) is 1. The fraction of sp³-hybridized carbons (Fsp3) is 0.103. The van der Waals surface area contributed by atoms with E-state index in [1.165, 1.54) is 24.7 Å². The molecule has 2 aromatic heterocycles. The van der Waals surface area contributed by atoms with Crippen LogP contribution in [0.25, 0.3) is 33.2 Å². The summed E-state index contributed by atoms with van der Waals surface area (Å²) in [4.78, 5) is 21.6. The number of benzene rings is 3. The van der Waals surface area contributed by atoms with Gasteiger partial charge in [-0.1, -0.05) is 24.3 Å². The molecule has 0 fully saturated rings. The van der Waals surface area contributed by atoms with Gasteiger partial charge in [0.25, 0.3) is 5.97 Å². The van der Waals surface area contributed by atoms with Crippen molar-refractivity contribution < 1.29 is 27.4 Å². The molecule has 198 valence electrons. The van der Waals surface area contributed by atoms with Crippen LogP contribution in [0.15, 0.2) is 96.4 Å². The molecule has 0 bridgehead atoms. The first-order valence-electron chi connectivity index (χ1n) is 11.7. The number of methoxy groups -OCH3 is 1. The molecule has 3 aromatic carbocycles. The van der Waals surface area contributed by atoms with Crippen molar-refractivity contribution in [3.8, 4) is 28.1 Å². The average molecular weight is 546 g/mol. The number of aliphatic carboxylic acids is 1. The topological polar surface area (TPSA) is 119 Å². The van der Waals surface area contributed by atoms with Gasteiger partial charge in [0.15, 0.2) is 9.84 Å². The van der Waals surface area contributed by atoms with Gasteiger partial charge in [-0.05, 0) is 65.0 Å². The number of fused-ring (bicyclic) bond motifs is 1. The molecule has 2 heterocycles. The number of halogens is 1. The number of sulfone groups is 1. The Balaban J connectivity index is 0.000000826. The molecule has 0 spiro atoms. The summed E-state index contributed by atoms with van der Waals surface area (Å²) in [7, 11) is -2.03. The molecule has 8 nitrogen and oxygen atoms in total. The summed E-state index contributed by atoms with van der Waals surface area (Å²) in [6.07, 6.45) is 4.48. The minimum absolute atomic E-state index is 0.203. The van der Waals surface area contributed by atoms with Crippen LogP contribution in [0.2, 0.25) is 0 Å². The maximum absolute atomic E-state index is 13.7. The first-order chi connectivity index (χ1) is 18.7. The van der Waals surface area contributed by atoms with Crippen LogP contribution >= 0.6 is 0 Å². The fourth-order valence-electron chi connectivity index (χ4n) is 3.98. The molecule has 1 N–H and O–H groups in total. The monoisotopic (exact) mass is 545 g/mol. The fourth-order valence-corrected chi connectivity index (χ4v) is 5.29. The first kappa shape index (κ1) is 27.3. The molecule has 39 heavy (non-hydrogen) atoms. The second-order valence-corrected chi connectivity index (χ2v) is 10.4. The Morgan fingerprint density at radius 3 is 2.41 bits per heavy atom. The van der Waals surface area contributed by atoms with E-state index in [1.807, 2.05) is 24.3 Å². The summed E-state index contributed by atoms with van der Waals surface area (Å²) in [6.45, 7) is 1.08. The SMILES string of the molecule is CC(=O)O.COc1cc(-c2cccc(F)c2)ccc1-c1nccc2cc(S(=O)(=O)Cc3ccncn3)ccc12. The van der Waals surface area contributed by atoms with Crippen molar-refractivity contribution in [1.82, 2.24) is 15.0 Å². The zero-order valence-corrected chi connectivity index (χ0v) is 21.9. The summed E-state index contributed by atoms with van der Waals surface area (Å²) < 4.78 is 45.3. The molecule has 0 saturated heterocycles. The Morgan fingerprint density at radius 2 is 1.72 bits per heavy atom. The van der Waals surface area contributed by atoms with Crippen molar-refractivity contribution in [2.45, 2.75) is 17.6 Å². The van der Waals surface area contributed by atoms with Crippen molar-refractivity contribution in [2.24, 2.45) is 0 Å². The number of pyridine rings is 1. The lowest BCUT2D eigenvalue weighted by Crippen LogP contribution is -2.06. The van der Waals surface area contributed by atoms with Gasteiger partial charge in [-0.15, -0.1) is 0 Å². The van der Waals surface area contributed by atoms with Gasteiger partial charge in [-0.25, -0.2) is 22.8 Å². The highest BCUT2D eigenvalue weighted by Gasteiger charge is 2.19. The number of nitrogens with zero attached hydrogens (tertiary/aromatic N) is 3. The van der Waals surface area contributed by atoms with Gasteiger partial charge >= 0.3 is 0 Å². The molecule has 10 heteroatoms. The van der Waals surface area contributed by atoms with Crippen LogP contribution in [0.4, 0.5) is 4.39 Å². The largest absolute Gasteiger partial charge is 0.496 e. The standard InChI is InChI=1S/C27H20FN3O3S.C2H4O2/c1-34-26-15-19(18-3-2-4-21(28)13-18)5-7-25(26)27-24-8-6-23(14-20(24)9-12-30-27)35(32,33)16-22-10-11-29-17-31-22;1-2(3)4/h2-15,17H,16H2,1H3;1H3,(H,3,4). The molecule has 0 amide bonds. The van der Waals surface area contributed by atoms with Gasteiger partial charge in [0.05, 0.1) is 29.1 Å². The van der Waals surface area contributed by atoms with E-state index in [0.29, 0.717) is 17.1 Å². The van der Waals surface area contributed by atoms with E-state index < -0.39 is 15.8 Å². The van der Waals surface area contributed by atoms with Crippen molar-refractivity contribution >= 4 is 26.6 Å². The highest BCUT2D eigenvalue weighted by Crippen LogP contribution is 2.37. The van der Waals surface area contributed by atoms with E-state index in [2.05, 4.69) is 15.0 Å². The molecule has 0 aliphatic rings. The van der Waals surface area contributed by atoms with Crippen molar-refractivity contribution in [3.63, 3.8) is 0 Å². The predicted octanol–water partition coefficient (Wildman–Crippen LogP) is 5.57. The van der Waals surface area contributed by atoms with E-state index in [4.69, 9.17) is 14.6 Å². The summed E-state index contributed by atoms with van der Waals surface area (Å²) in [5, 5.41) is 8.93. The molecule has 0 atom stereocenters. The zero-order valence-electron chi connectivity index (χ0n) is 21.1. The number of hydrogen-bond donors (Lipinski definition) is 1. The van der Waals surface area contributed by atoms with Crippen LogP contribution in [0.1, 0.15) is 12.6 Å². The summed E-state index contributed by atoms with van der Waals surface area (Å²) in [5.41, 5.74) is 3.38. The maximum Gasteiger partial charge on any atom is 0.300 e. The average Bonchev–Trinajstić information content (AvgIpc) is 2.92. The normalized spacial score (nSPS) is 10.9. The van der Waals surface area contributed by atoms with Crippen LogP contribution in [0, 0.1) is 5.82 Å². The van der Waals surface area contributed by atoms with Crippen molar-refractivity contribution in [2.75, 3.05) is 7.11 Å². The maximum atomic E-state index is 13.7.